The molecule has 0 aliphatic heterocycles. The van der Waals surface area contributed by atoms with Crippen LogP contribution >= 0.6 is 11.8 Å². The molecule has 14 heavy (non-hydrogen) atoms. The molecule has 0 amide bonds. The topological polar surface area (TPSA) is 26.3 Å². The van der Waals surface area contributed by atoms with Gasteiger partial charge in [-0.2, -0.15) is 11.8 Å². The van der Waals surface area contributed by atoms with Gasteiger partial charge in [0.2, 0.25) is 0 Å². The quantitative estimate of drug-likeness (QED) is 0.282. The van der Waals surface area contributed by atoms with Gasteiger partial charge in [0, 0.05) is 11.8 Å². The highest BCUT2D eigenvalue weighted by Gasteiger charge is 2.20. The highest BCUT2D eigenvalue weighted by atomic mass is 32.2. The van der Waals surface area contributed by atoms with E-state index in [2.05, 4.69) is 13.2 Å². The predicted octanol–water partition coefficient (Wildman–Crippen LogP) is 2.80. The van der Waals surface area contributed by atoms with Gasteiger partial charge in [-0.3, -0.25) is 0 Å². The lowest BCUT2D eigenvalue weighted by molar-refractivity contribution is -0.150. The van der Waals surface area contributed by atoms with E-state index in [0.717, 1.165) is 17.9 Å². The lowest BCUT2D eigenvalue weighted by Gasteiger charge is -2.24. The Balaban J connectivity index is 3.76. The number of ether oxygens (including phenoxy) is 1. The molecule has 0 aromatic rings. The van der Waals surface area contributed by atoms with Crippen molar-refractivity contribution in [2.45, 2.75) is 25.9 Å². The van der Waals surface area contributed by atoms with Crippen LogP contribution in [0.3, 0.4) is 0 Å². The first-order valence-electron chi connectivity index (χ1n) is 4.56. The fourth-order valence-corrected chi connectivity index (χ4v) is 1.82. The predicted molar refractivity (Wildman–Crippen MR) is 62.5 cm³/mol. The number of thioether (sulfide) groups is 1. The van der Waals surface area contributed by atoms with E-state index in [0.29, 0.717) is 0 Å². The lowest BCUT2D eigenvalue weighted by atomic mass is 10.1. The number of carbonyl (C=O) groups excluding carboxylic acids is 1. The van der Waals surface area contributed by atoms with Crippen LogP contribution in [0.15, 0.2) is 25.3 Å². The minimum absolute atomic E-state index is 0.358. The van der Waals surface area contributed by atoms with Gasteiger partial charge < -0.3 is 4.74 Å². The zero-order valence-electron chi connectivity index (χ0n) is 8.91. The van der Waals surface area contributed by atoms with E-state index in [9.17, 15) is 4.79 Å². The number of hydrogen-bond acceptors (Lipinski definition) is 3. The first-order chi connectivity index (χ1) is 6.52. The van der Waals surface area contributed by atoms with Gasteiger partial charge in [-0.1, -0.05) is 12.7 Å². The third-order valence-corrected chi connectivity index (χ3v) is 2.59. The molecule has 0 aromatic heterocycles. The molecule has 0 spiro atoms. The molecule has 0 bridgehead atoms. The van der Waals surface area contributed by atoms with Crippen LogP contribution < -0.4 is 0 Å². The summed E-state index contributed by atoms with van der Waals surface area (Å²) in [5, 5.41) is 0. The van der Waals surface area contributed by atoms with Crippen LogP contribution in [0.25, 0.3) is 0 Å². The van der Waals surface area contributed by atoms with E-state index in [4.69, 9.17) is 4.74 Å². The van der Waals surface area contributed by atoms with Crippen molar-refractivity contribution in [3.63, 3.8) is 0 Å². The Bertz CT molecular complexity index is 209. The van der Waals surface area contributed by atoms with Crippen molar-refractivity contribution >= 4 is 17.7 Å². The second-order valence-electron chi connectivity index (χ2n) is 3.50. The highest BCUT2D eigenvalue weighted by molar-refractivity contribution is 7.99. The van der Waals surface area contributed by atoms with E-state index >= 15 is 0 Å². The van der Waals surface area contributed by atoms with Gasteiger partial charge in [-0.15, -0.1) is 6.58 Å². The largest absolute Gasteiger partial charge is 0.456 e. The Labute approximate surface area is 90.4 Å². The second-order valence-corrected chi connectivity index (χ2v) is 4.65. The van der Waals surface area contributed by atoms with E-state index in [1.807, 2.05) is 19.9 Å². The zero-order valence-corrected chi connectivity index (χ0v) is 9.73. The van der Waals surface area contributed by atoms with Gasteiger partial charge in [0.1, 0.15) is 5.60 Å². The maximum absolute atomic E-state index is 11.0. The summed E-state index contributed by atoms with van der Waals surface area (Å²) in [6.45, 7) is 10.8. The van der Waals surface area contributed by atoms with Crippen molar-refractivity contribution in [3.8, 4) is 0 Å². The number of carbonyl (C=O) groups is 1. The van der Waals surface area contributed by atoms with Crippen LogP contribution in [0.4, 0.5) is 0 Å². The Morgan fingerprint density at radius 3 is 2.64 bits per heavy atom. The normalized spacial score (nSPS) is 10.7. The van der Waals surface area contributed by atoms with Gasteiger partial charge in [-0.05, 0) is 26.0 Å². The fraction of sp³-hybridized carbons (Fsp3) is 0.545. The summed E-state index contributed by atoms with van der Waals surface area (Å²) in [7, 11) is 0. The van der Waals surface area contributed by atoms with Crippen molar-refractivity contribution in [1.29, 1.82) is 0 Å². The molecule has 0 saturated heterocycles. The van der Waals surface area contributed by atoms with Crippen molar-refractivity contribution in [2.24, 2.45) is 0 Å². The van der Waals surface area contributed by atoms with Gasteiger partial charge in [0.15, 0.2) is 0 Å². The van der Waals surface area contributed by atoms with E-state index < -0.39 is 5.60 Å². The molecule has 80 valence electrons. The van der Waals surface area contributed by atoms with Crippen LogP contribution in [0, 0.1) is 0 Å². The number of esters is 1. The highest BCUT2D eigenvalue weighted by Crippen LogP contribution is 2.18. The van der Waals surface area contributed by atoms with Gasteiger partial charge in [-0.25, -0.2) is 4.79 Å². The van der Waals surface area contributed by atoms with Gasteiger partial charge >= 0.3 is 5.97 Å². The summed E-state index contributed by atoms with van der Waals surface area (Å²) in [5.41, 5.74) is -0.403. The van der Waals surface area contributed by atoms with E-state index in [-0.39, 0.29) is 5.97 Å². The van der Waals surface area contributed by atoms with Crippen molar-refractivity contribution in [3.05, 3.63) is 25.3 Å². The summed E-state index contributed by atoms with van der Waals surface area (Å²) in [6, 6.07) is 0. The Morgan fingerprint density at radius 2 is 2.14 bits per heavy atom. The third kappa shape index (κ3) is 6.78. The molecule has 0 aromatic carbocycles. The van der Waals surface area contributed by atoms with Crippen molar-refractivity contribution in [1.82, 2.24) is 0 Å². The molecule has 0 heterocycles. The van der Waals surface area contributed by atoms with E-state index in [1.165, 1.54) is 6.08 Å². The molecular weight excluding hydrogens is 196 g/mol. The standard InChI is InChI=1S/C11H18O2S/c1-5-8-14-9-7-11(3,4)13-10(12)6-2/h5-6H,1-2,7-9H2,3-4H3. The minimum Gasteiger partial charge on any atom is -0.456 e. The molecule has 0 radical (unpaired) electrons. The molecule has 2 nitrogen and oxygen atoms in total. The first kappa shape index (κ1) is 13.3. The lowest BCUT2D eigenvalue weighted by Crippen LogP contribution is -2.27. The van der Waals surface area contributed by atoms with Crippen LogP contribution in [-0.4, -0.2) is 23.1 Å². The molecule has 0 rings (SSSR count). The van der Waals surface area contributed by atoms with Crippen LogP contribution in [0.5, 0.6) is 0 Å². The zero-order chi connectivity index (χ0) is 11.0. The molecule has 3 heteroatoms. The smallest absolute Gasteiger partial charge is 0.330 e. The molecular formula is C11H18O2S. The Kier molecular flexibility index (Phi) is 6.37. The SMILES string of the molecule is C=CCSCCC(C)(C)OC(=O)C=C. The number of hydrogen-bond donors (Lipinski definition) is 0. The third-order valence-electron chi connectivity index (χ3n) is 1.63. The van der Waals surface area contributed by atoms with Crippen LogP contribution in [-0.2, 0) is 9.53 Å². The molecule has 0 fully saturated rings. The van der Waals surface area contributed by atoms with Crippen molar-refractivity contribution < 1.29 is 9.53 Å². The summed E-state index contributed by atoms with van der Waals surface area (Å²) in [6.07, 6.45) is 3.90. The van der Waals surface area contributed by atoms with E-state index in [1.54, 1.807) is 11.8 Å². The summed E-state index contributed by atoms with van der Waals surface area (Å²) in [4.78, 5) is 11.0. The summed E-state index contributed by atoms with van der Waals surface area (Å²) in [5.74, 6) is 1.54. The molecule has 0 saturated carbocycles. The fourth-order valence-electron chi connectivity index (χ4n) is 0.850. The second kappa shape index (κ2) is 6.71. The molecule has 0 N–H and O–H groups in total. The van der Waals surface area contributed by atoms with Crippen molar-refractivity contribution in [2.75, 3.05) is 11.5 Å². The van der Waals surface area contributed by atoms with Crippen LogP contribution in [0.2, 0.25) is 0 Å². The molecule has 0 aliphatic rings. The minimum atomic E-state index is -0.403. The van der Waals surface area contributed by atoms with Gasteiger partial charge in [0.05, 0.1) is 0 Å². The first-order valence-corrected chi connectivity index (χ1v) is 5.71. The molecule has 0 atom stereocenters. The monoisotopic (exact) mass is 214 g/mol. The molecule has 0 aliphatic carbocycles. The average Bonchev–Trinajstić information content (AvgIpc) is 2.12. The summed E-state index contributed by atoms with van der Waals surface area (Å²) < 4.78 is 5.17. The maximum Gasteiger partial charge on any atom is 0.330 e. The summed E-state index contributed by atoms with van der Waals surface area (Å²) >= 11 is 1.78. The van der Waals surface area contributed by atoms with Crippen LogP contribution in [0.1, 0.15) is 20.3 Å². The maximum atomic E-state index is 11.0. The average molecular weight is 214 g/mol. The molecule has 0 unspecified atom stereocenters. The Morgan fingerprint density at radius 1 is 1.50 bits per heavy atom. The Hall–Kier alpha value is -0.700. The van der Waals surface area contributed by atoms with Gasteiger partial charge in [0.25, 0.3) is 0 Å². The number of rotatable bonds is 7.